The molecule has 0 unspecified atom stereocenters. The van der Waals surface area contributed by atoms with Crippen LogP contribution in [0.1, 0.15) is 44.1 Å². The summed E-state index contributed by atoms with van der Waals surface area (Å²) in [5.41, 5.74) is 3.24. The van der Waals surface area contributed by atoms with E-state index in [-0.39, 0.29) is 11.2 Å². The first-order chi connectivity index (χ1) is 13.5. The van der Waals surface area contributed by atoms with Gasteiger partial charge in [0.25, 0.3) is 0 Å². The summed E-state index contributed by atoms with van der Waals surface area (Å²) in [7, 11) is 0. The third-order valence-corrected chi connectivity index (χ3v) is 6.61. The highest BCUT2D eigenvalue weighted by atomic mass is 32.2. The Morgan fingerprint density at radius 3 is 2.75 bits per heavy atom. The maximum Gasteiger partial charge on any atom is 0.239 e. The van der Waals surface area contributed by atoms with E-state index in [9.17, 15) is 4.79 Å². The minimum absolute atomic E-state index is 0.0739. The molecule has 146 valence electrons. The van der Waals surface area contributed by atoms with Gasteiger partial charge >= 0.3 is 0 Å². The van der Waals surface area contributed by atoms with Gasteiger partial charge in [0.2, 0.25) is 5.91 Å². The second-order valence-corrected chi connectivity index (χ2v) is 9.13. The SMILES string of the molecule is CCc1ccc(-c2csc(NC(=O)[C@@H](C)Sc3nnc(C)n3C3CC3)n2)cc1. The van der Waals surface area contributed by atoms with Gasteiger partial charge in [-0.2, -0.15) is 0 Å². The number of amides is 1. The summed E-state index contributed by atoms with van der Waals surface area (Å²) in [5.74, 6) is 0.839. The van der Waals surface area contributed by atoms with Crippen molar-refractivity contribution >= 4 is 34.1 Å². The van der Waals surface area contributed by atoms with Crippen LogP contribution in [-0.2, 0) is 11.2 Å². The highest BCUT2D eigenvalue weighted by Gasteiger charge is 2.30. The molecule has 1 saturated carbocycles. The number of aryl methyl sites for hydroxylation is 2. The molecule has 1 aliphatic rings. The highest BCUT2D eigenvalue weighted by Crippen LogP contribution is 2.39. The van der Waals surface area contributed by atoms with Gasteiger partial charge in [0.15, 0.2) is 10.3 Å². The van der Waals surface area contributed by atoms with Crippen LogP contribution in [-0.4, -0.2) is 30.9 Å². The number of hydrogen-bond donors (Lipinski definition) is 1. The van der Waals surface area contributed by atoms with Crippen molar-refractivity contribution in [1.29, 1.82) is 0 Å². The van der Waals surface area contributed by atoms with Crippen molar-refractivity contribution in [2.75, 3.05) is 5.32 Å². The van der Waals surface area contributed by atoms with Gasteiger partial charge in [-0.15, -0.1) is 21.5 Å². The molecule has 3 aromatic rings. The van der Waals surface area contributed by atoms with Crippen LogP contribution in [0.25, 0.3) is 11.3 Å². The first kappa shape index (κ1) is 19.1. The van der Waals surface area contributed by atoms with Crippen molar-refractivity contribution in [3.8, 4) is 11.3 Å². The van der Waals surface area contributed by atoms with Crippen LogP contribution in [0.5, 0.6) is 0 Å². The van der Waals surface area contributed by atoms with Crippen molar-refractivity contribution in [3.05, 3.63) is 41.0 Å². The summed E-state index contributed by atoms with van der Waals surface area (Å²) in [6.07, 6.45) is 3.34. The molecular weight excluding hydrogens is 390 g/mol. The van der Waals surface area contributed by atoms with E-state index in [0.29, 0.717) is 11.2 Å². The molecule has 1 aliphatic carbocycles. The maximum absolute atomic E-state index is 12.6. The van der Waals surface area contributed by atoms with Gasteiger partial charge in [-0.25, -0.2) is 4.98 Å². The van der Waals surface area contributed by atoms with Crippen molar-refractivity contribution < 1.29 is 4.79 Å². The standard InChI is InChI=1S/C20H23N5OS2/c1-4-14-5-7-15(8-6-14)17-11-27-19(21-17)22-18(26)12(2)28-20-24-23-13(3)25(20)16-9-10-16/h5-8,11-12,16H,4,9-10H2,1-3H3,(H,21,22,26)/t12-/m1/s1. The highest BCUT2D eigenvalue weighted by molar-refractivity contribution is 8.00. The molecule has 4 rings (SSSR count). The van der Waals surface area contributed by atoms with Crippen LogP contribution in [0.2, 0.25) is 0 Å². The molecule has 1 amide bonds. The molecule has 0 radical (unpaired) electrons. The molecule has 28 heavy (non-hydrogen) atoms. The molecule has 0 spiro atoms. The topological polar surface area (TPSA) is 72.7 Å². The van der Waals surface area contributed by atoms with E-state index in [1.54, 1.807) is 0 Å². The summed E-state index contributed by atoms with van der Waals surface area (Å²) < 4.78 is 2.15. The van der Waals surface area contributed by atoms with Crippen LogP contribution < -0.4 is 5.32 Å². The quantitative estimate of drug-likeness (QED) is 0.567. The smallest absolute Gasteiger partial charge is 0.239 e. The molecule has 1 atom stereocenters. The number of thiazole rings is 1. The van der Waals surface area contributed by atoms with E-state index in [4.69, 9.17) is 0 Å². The summed E-state index contributed by atoms with van der Waals surface area (Å²) in [4.78, 5) is 17.2. The number of carbonyl (C=O) groups is 1. The monoisotopic (exact) mass is 413 g/mol. The van der Waals surface area contributed by atoms with E-state index < -0.39 is 0 Å². The molecule has 1 fully saturated rings. The third-order valence-electron chi connectivity index (χ3n) is 4.79. The van der Waals surface area contributed by atoms with Crippen LogP contribution in [0.3, 0.4) is 0 Å². The Labute approximate surface area is 172 Å². The van der Waals surface area contributed by atoms with E-state index in [1.165, 1.54) is 28.7 Å². The number of aromatic nitrogens is 4. The van der Waals surface area contributed by atoms with Gasteiger partial charge in [0, 0.05) is 17.0 Å². The number of rotatable bonds is 7. The first-order valence-corrected chi connectivity index (χ1v) is 11.2. The molecule has 1 aromatic carbocycles. The molecule has 0 saturated heterocycles. The lowest BCUT2D eigenvalue weighted by molar-refractivity contribution is -0.115. The fourth-order valence-corrected chi connectivity index (χ4v) is 4.66. The largest absolute Gasteiger partial charge is 0.303 e. The average Bonchev–Trinajstić information content (AvgIpc) is 3.32. The van der Waals surface area contributed by atoms with Gasteiger partial charge in [0.1, 0.15) is 5.82 Å². The van der Waals surface area contributed by atoms with E-state index in [0.717, 1.165) is 41.5 Å². The Morgan fingerprint density at radius 1 is 1.32 bits per heavy atom. The maximum atomic E-state index is 12.6. The second-order valence-electron chi connectivity index (χ2n) is 6.97. The average molecular weight is 414 g/mol. The molecular formula is C20H23N5OS2. The van der Waals surface area contributed by atoms with E-state index in [1.807, 2.05) is 19.2 Å². The molecule has 0 aliphatic heterocycles. The lowest BCUT2D eigenvalue weighted by Crippen LogP contribution is -2.22. The fraction of sp³-hybridized carbons (Fsp3) is 0.400. The van der Waals surface area contributed by atoms with Gasteiger partial charge in [-0.05, 0) is 38.7 Å². The minimum atomic E-state index is -0.280. The van der Waals surface area contributed by atoms with Gasteiger partial charge in [-0.1, -0.05) is 43.0 Å². The normalized spacial score (nSPS) is 14.8. The van der Waals surface area contributed by atoms with Gasteiger partial charge < -0.3 is 9.88 Å². The lowest BCUT2D eigenvalue weighted by atomic mass is 10.1. The Hall–Kier alpha value is -2.19. The molecule has 8 heteroatoms. The van der Waals surface area contributed by atoms with Crippen LogP contribution >= 0.6 is 23.1 Å². The number of hydrogen-bond acceptors (Lipinski definition) is 6. The first-order valence-electron chi connectivity index (χ1n) is 9.49. The zero-order chi connectivity index (χ0) is 19.7. The van der Waals surface area contributed by atoms with Crippen LogP contribution in [0.4, 0.5) is 5.13 Å². The van der Waals surface area contributed by atoms with Crippen molar-refractivity contribution in [3.63, 3.8) is 0 Å². The van der Waals surface area contributed by atoms with Crippen molar-refractivity contribution in [2.45, 2.75) is 56.5 Å². The third kappa shape index (κ3) is 4.12. The second kappa shape index (κ2) is 8.05. The molecule has 0 bridgehead atoms. The van der Waals surface area contributed by atoms with E-state index >= 15 is 0 Å². The fourth-order valence-electron chi connectivity index (χ4n) is 2.98. The minimum Gasteiger partial charge on any atom is -0.303 e. The number of thioether (sulfide) groups is 1. The predicted octanol–water partition coefficient (Wildman–Crippen LogP) is 4.73. The Balaban J connectivity index is 1.40. The molecule has 1 N–H and O–H groups in total. The summed E-state index contributed by atoms with van der Waals surface area (Å²) >= 11 is 2.89. The van der Waals surface area contributed by atoms with Crippen LogP contribution in [0, 0.1) is 6.92 Å². The Bertz CT molecular complexity index is 975. The Kier molecular flexibility index (Phi) is 5.50. The zero-order valence-electron chi connectivity index (χ0n) is 16.2. The molecule has 2 heterocycles. The van der Waals surface area contributed by atoms with Gasteiger partial charge in [-0.3, -0.25) is 4.79 Å². The van der Waals surface area contributed by atoms with E-state index in [2.05, 4.69) is 56.3 Å². The zero-order valence-corrected chi connectivity index (χ0v) is 17.8. The molecule has 6 nitrogen and oxygen atoms in total. The predicted molar refractivity (Wildman–Crippen MR) is 114 cm³/mol. The molecule has 2 aromatic heterocycles. The number of nitrogens with zero attached hydrogens (tertiary/aromatic N) is 4. The number of benzene rings is 1. The van der Waals surface area contributed by atoms with Gasteiger partial charge in [0.05, 0.1) is 10.9 Å². The summed E-state index contributed by atoms with van der Waals surface area (Å²) in [6.45, 7) is 5.99. The van der Waals surface area contributed by atoms with Crippen molar-refractivity contribution in [2.24, 2.45) is 0 Å². The number of anilines is 1. The summed E-state index contributed by atoms with van der Waals surface area (Å²) in [5, 5.41) is 14.5. The van der Waals surface area contributed by atoms with Crippen LogP contribution in [0.15, 0.2) is 34.8 Å². The Morgan fingerprint density at radius 2 is 2.07 bits per heavy atom. The number of nitrogens with one attached hydrogen (secondary N) is 1. The number of carbonyl (C=O) groups excluding carboxylic acids is 1. The summed E-state index contributed by atoms with van der Waals surface area (Å²) in [6, 6.07) is 8.87. The lowest BCUT2D eigenvalue weighted by Gasteiger charge is -2.11. The van der Waals surface area contributed by atoms with Crippen molar-refractivity contribution in [1.82, 2.24) is 19.7 Å².